The van der Waals surface area contributed by atoms with Gasteiger partial charge < -0.3 is 15.8 Å². The third-order valence-corrected chi connectivity index (χ3v) is 1.79. The molecule has 0 aliphatic carbocycles. The predicted octanol–water partition coefficient (Wildman–Crippen LogP) is 1.21. The summed E-state index contributed by atoms with van der Waals surface area (Å²) >= 11 is 0. The molecular weight excluding hydrogens is 208 g/mol. The first kappa shape index (κ1) is 14.9. The van der Waals surface area contributed by atoms with Crippen molar-refractivity contribution in [2.24, 2.45) is 5.73 Å². The number of alkyl carbamates (subject to hydrolysis) is 1. The number of carbonyl (C=O) groups is 2. The highest BCUT2D eigenvalue weighted by molar-refractivity contribution is 5.85. The molecule has 5 nitrogen and oxygen atoms in total. The lowest BCUT2D eigenvalue weighted by Gasteiger charge is -2.23. The number of hydrogen-bond acceptors (Lipinski definition) is 4. The van der Waals surface area contributed by atoms with Crippen LogP contribution in [0.5, 0.6) is 0 Å². The molecule has 0 rings (SSSR count). The summed E-state index contributed by atoms with van der Waals surface area (Å²) in [5.74, 6) is -0.122. The Kier molecular flexibility index (Phi) is 5.44. The van der Waals surface area contributed by atoms with Gasteiger partial charge in [-0.3, -0.25) is 4.79 Å². The number of ether oxygens (including phenoxy) is 1. The van der Waals surface area contributed by atoms with Crippen LogP contribution in [0.4, 0.5) is 4.79 Å². The molecule has 1 amide bonds. The van der Waals surface area contributed by atoms with Crippen molar-refractivity contribution >= 4 is 11.9 Å². The second-order valence-corrected chi connectivity index (χ2v) is 5.02. The van der Waals surface area contributed by atoms with Gasteiger partial charge in [-0.1, -0.05) is 0 Å². The highest BCUT2D eigenvalue weighted by Crippen LogP contribution is 2.07. The number of rotatable bonds is 4. The molecule has 0 radical (unpaired) electrons. The molecule has 0 aromatic carbocycles. The molecule has 0 spiro atoms. The first-order chi connectivity index (χ1) is 7.11. The van der Waals surface area contributed by atoms with E-state index in [0.29, 0.717) is 6.42 Å². The zero-order valence-electron chi connectivity index (χ0n) is 10.7. The van der Waals surface area contributed by atoms with Gasteiger partial charge in [0.2, 0.25) is 0 Å². The van der Waals surface area contributed by atoms with E-state index in [1.165, 1.54) is 6.92 Å². The van der Waals surface area contributed by atoms with E-state index in [1.807, 2.05) is 0 Å². The van der Waals surface area contributed by atoms with Crippen molar-refractivity contribution in [3.05, 3.63) is 0 Å². The quantitative estimate of drug-likeness (QED) is 0.760. The second-order valence-electron chi connectivity index (χ2n) is 5.02. The number of ketones is 1. The lowest BCUT2D eigenvalue weighted by Crippen LogP contribution is -2.45. The average Bonchev–Trinajstić information content (AvgIpc) is 1.97. The zero-order chi connectivity index (χ0) is 12.9. The van der Waals surface area contributed by atoms with Gasteiger partial charge in [0.25, 0.3) is 0 Å². The van der Waals surface area contributed by atoms with E-state index in [1.54, 1.807) is 27.7 Å². The molecule has 0 aliphatic rings. The van der Waals surface area contributed by atoms with Gasteiger partial charge in [0.1, 0.15) is 5.60 Å². The van der Waals surface area contributed by atoms with Crippen LogP contribution >= 0.6 is 0 Å². The van der Waals surface area contributed by atoms with Crippen LogP contribution in [-0.4, -0.2) is 29.6 Å². The molecule has 3 N–H and O–H groups in total. The summed E-state index contributed by atoms with van der Waals surface area (Å²) in [7, 11) is 0. The van der Waals surface area contributed by atoms with Crippen LogP contribution in [0, 0.1) is 0 Å². The number of Topliss-reactive ketones (excluding diaryl/α,β-unsaturated/α-hetero) is 1. The van der Waals surface area contributed by atoms with Gasteiger partial charge in [0.15, 0.2) is 5.78 Å². The Morgan fingerprint density at radius 1 is 1.38 bits per heavy atom. The van der Waals surface area contributed by atoms with Crippen LogP contribution in [0.15, 0.2) is 0 Å². The van der Waals surface area contributed by atoms with Crippen LogP contribution in [-0.2, 0) is 9.53 Å². The van der Waals surface area contributed by atoms with Gasteiger partial charge in [-0.15, -0.1) is 0 Å². The maximum atomic E-state index is 11.4. The van der Waals surface area contributed by atoms with Crippen molar-refractivity contribution in [1.82, 2.24) is 5.32 Å². The number of hydrogen-bond donors (Lipinski definition) is 2. The van der Waals surface area contributed by atoms with Gasteiger partial charge in [-0.05, 0) is 41.0 Å². The molecular formula is C11H22N2O3. The van der Waals surface area contributed by atoms with Gasteiger partial charge in [0.05, 0.1) is 6.04 Å². The fourth-order valence-corrected chi connectivity index (χ4v) is 1.15. The maximum Gasteiger partial charge on any atom is 0.408 e. The Labute approximate surface area is 96.7 Å². The summed E-state index contributed by atoms with van der Waals surface area (Å²) in [6.45, 7) is 8.50. The van der Waals surface area contributed by atoms with Crippen LogP contribution in [0.25, 0.3) is 0 Å². The Morgan fingerprint density at radius 2 is 1.88 bits per heavy atom. The molecule has 0 saturated carbocycles. The highest BCUT2D eigenvalue weighted by atomic mass is 16.6. The first-order valence-corrected chi connectivity index (χ1v) is 5.37. The van der Waals surface area contributed by atoms with Gasteiger partial charge in [-0.2, -0.15) is 0 Å². The number of carbonyl (C=O) groups excluding carboxylic acids is 2. The number of amides is 1. The number of nitrogens with two attached hydrogens (primary N) is 1. The topological polar surface area (TPSA) is 81.4 Å². The van der Waals surface area contributed by atoms with Crippen molar-refractivity contribution in [2.75, 3.05) is 0 Å². The molecule has 16 heavy (non-hydrogen) atoms. The van der Waals surface area contributed by atoms with E-state index in [0.717, 1.165) is 0 Å². The largest absolute Gasteiger partial charge is 0.444 e. The van der Waals surface area contributed by atoms with Crippen molar-refractivity contribution in [3.63, 3.8) is 0 Å². The van der Waals surface area contributed by atoms with Crippen molar-refractivity contribution < 1.29 is 14.3 Å². The van der Waals surface area contributed by atoms with E-state index >= 15 is 0 Å². The second kappa shape index (κ2) is 5.84. The summed E-state index contributed by atoms with van der Waals surface area (Å²) in [6.07, 6.45) is -0.178. The third kappa shape index (κ3) is 7.23. The van der Waals surface area contributed by atoms with E-state index in [2.05, 4.69) is 5.32 Å². The lowest BCUT2D eigenvalue weighted by atomic mass is 10.1. The Hall–Kier alpha value is -1.10. The summed E-state index contributed by atoms with van der Waals surface area (Å²) in [4.78, 5) is 22.7. The van der Waals surface area contributed by atoms with E-state index in [4.69, 9.17) is 10.5 Å². The van der Waals surface area contributed by atoms with E-state index in [9.17, 15) is 9.59 Å². The highest BCUT2D eigenvalue weighted by Gasteiger charge is 2.22. The van der Waals surface area contributed by atoms with Gasteiger partial charge in [-0.25, -0.2) is 4.79 Å². The summed E-state index contributed by atoms with van der Waals surface area (Å²) < 4.78 is 5.06. The zero-order valence-corrected chi connectivity index (χ0v) is 10.7. The Morgan fingerprint density at radius 3 is 2.19 bits per heavy atom. The first-order valence-electron chi connectivity index (χ1n) is 5.37. The molecule has 2 atom stereocenters. The molecule has 0 fully saturated rings. The molecule has 0 aliphatic heterocycles. The Balaban J connectivity index is 4.30. The monoisotopic (exact) mass is 230 g/mol. The summed E-state index contributed by atoms with van der Waals surface area (Å²) in [5, 5.41) is 2.51. The Bertz CT molecular complexity index is 256. The van der Waals surface area contributed by atoms with Gasteiger partial charge >= 0.3 is 6.09 Å². The SMILES string of the molecule is CC(=O)[C@H](CC(C)N)NC(=O)OC(C)(C)C. The average molecular weight is 230 g/mol. The normalized spacial score (nSPS) is 15.1. The minimum Gasteiger partial charge on any atom is -0.444 e. The minimum absolute atomic E-state index is 0.122. The molecule has 0 heterocycles. The minimum atomic E-state index is -0.589. The molecule has 0 bridgehead atoms. The van der Waals surface area contributed by atoms with Gasteiger partial charge in [0, 0.05) is 6.04 Å². The predicted molar refractivity (Wildman–Crippen MR) is 62.1 cm³/mol. The van der Waals surface area contributed by atoms with Crippen molar-refractivity contribution in [2.45, 2.75) is 58.7 Å². The standard InChI is InChI=1S/C11H22N2O3/c1-7(12)6-9(8(2)14)13-10(15)16-11(3,4)5/h7,9H,6,12H2,1-5H3,(H,13,15)/t7?,9-/m0/s1. The van der Waals surface area contributed by atoms with Crippen LogP contribution in [0.1, 0.15) is 41.0 Å². The summed E-state index contributed by atoms with van der Waals surface area (Å²) in [6, 6.07) is -0.723. The smallest absolute Gasteiger partial charge is 0.408 e. The van der Waals surface area contributed by atoms with E-state index in [-0.39, 0.29) is 11.8 Å². The van der Waals surface area contributed by atoms with Crippen LogP contribution in [0.2, 0.25) is 0 Å². The molecule has 94 valence electrons. The fraction of sp³-hybridized carbons (Fsp3) is 0.818. The fourth-order valence-electron chi connectivity index (χ4n) is 1.15. The van der Waals surface area contributed by atoms with Crippen LogP contribution < -0.4 is 11.1 Å². The van der Waals surface area contributed by atoms with Crippen LogP contribution in [0.3, 0.4) is 0 Å². The number of nitrogens with one attached hydrogen (secondary N) is 1. The molecule has 0 saturated heterocycles. The third-order valence-electron chi connectivity index (χ3n) is 1.79. The van der Waals surface area contributed by atoms with Crippen molar-refractivity contribution in [3.8, 4) is 0 Å². The summed E-state index contributed by atoms with van der Waals surface area (Å²) in [5.41, 5.74) is 5.02. The van der Waals surface area contributed by atoms with Crippen molar-refractivity contribution in [1.29, 1.82) is 0 Å². The maximum absolute atomic E-state index is 11.4. The van der Waals surface area contributed by atoms with E-state index < -0.39 is 17.7 Å². The molecule has 1 unspecified atom stereocenters. The lowest BCUT2D eigenvalue weighted by molar-refractivity contribution is -0.119. The molecule has 0 aromatic heterocycles. The molecule has 0 aromatic rings. The molecule has 5 heteroatoms.